The lowest BCUT2D eigenvalue weighted by atomic mass is 10.1. The monoisotopic (exact) mass is 249 g/mol. The zero-order valence-electron chi connectivity index (χ0n) is 9.86. The molecule has 0 aliphatic rings. The average Bonchev–Trinajstić information content (AvgIpc) is 2.16. The maximum atomic E-state index is 11.6. The maximum absolute atomic E-state index is 11.6. The van der Waals surface area contributed by atoms with Gasteiger partial charge in [0.15, 0.2) is 9.84 Å². The number of amides is 1. The van der Waals surface area contributed by atoms with E-state index >= 15 is 0 Å². The lowest BCUT2D eigenvalue weighted by Crippen LogP contribution is -2.51. The summed E-state index contributed by atoms with van der Waals surface area (Å²) in [5, 5.41) is 10.3. The number of aliphatic hydroxyl groups is 1. The van der Waals surface area contributed by atoms with Crippen molar-refractivity contribution in [1.82, 2.24) is 5.32 Å². The van der Waals surface area contributed by atoms with E-state index in [9.17, 15) is 13.2 Å². The molecule has 0 spiro atoms. The standard InChI is InChI=1S/C10H19NO4S/c1-5-6-16(14,15)8(2)9(13)11-10(3,4)7-12/h5,8,12H,1,6-7H2,2-4H3,(H,11,13). The molecule has 1 amide bonds. The van der Waals surface area contributed by atoms with E-state index < -0.39 is 26.5 Å². The smallest absolute Gasteiger partial charge is 0.238 e. The van der Waals surface area contributed by atoms with Crippen LogP contribution >= 0.6 is 0 Å². The lowest BCUT2D eigenvalue weighted by Gasteiger charge is -2.25. The van der Waals surface area contributed by atoms with Crippen molar-refractivity contribution < 1.29 is 18.3 Å². The van der Waals surface area contributed by atoms with E-state index in [1.807, 2.05) is 0 Å². The molecule has 0 heterocycles. The third kappa shape index (κ3) is 4.32. The SMILES string of the molecule is C=CCS(=O)(=O)C(C)C(=O)NC(C)(C)CO. The normalized spacial score (nSPS) is 14.2. The maximum Gasteiger partial charge on any atom is 0.238 e. The van der Waals surface area contributed by atoms with Crippen molar-refractivity contribution in [2.75, 3.05) is 12.4 Å². The third-order valence-electron chi connectivity index (χ3n) is 2.11. The summed E-state index contributed by atoms with van der Waals surface area (Å²) < 4.78 is 23.1. The first kappa shape index (κ1) is 15.1. The number of nitrogens with one attached hydrogen (secondary N) is 1. The molecule has 0 aromatic carbocycles. The summed E-state index contributed by atoms with van der Waals surface area (Å²) in [5.41, 5.74) is -0.824. The van der Waals surface area contributed by atoms with Crippen molar-refractivity contribution in [3.63, 3.8) is 0 Å². The van der Waals surface area contributed by atoms with E-state index in [0.717, 1.165) is 0 Å². The van der Waals surface area contributed by atoms with Gasteiger partial charge in [-0.25, -0.2) is 8.42 Å². The van der Waals surface area contributed by atoms with Crippen LogP contribution in [0.2, 0.25) is 0 Å². The van der Waals surface area contributed by atoms with Gasteiger partial charge in [-0.3, -0.25) is 4.79 Å². The van der Waals surface area contributed by atoms with Crippen LogP contribution in [0.4, 0.5) is 0 Å². The Morgan fingerprint density at radius 2 is 2.06 bits per heavy atom. The van der Waals surface area contributed by atoms with Gasteiger partial charge in [0.25, 0.3) is 0 Å². The Morgan fingerprint density at radius 1 is 1.56 bits per heavy atom. The van der Waals surface area contributed by atoms with E-state index in [-0.39, 0.29) is 12.4 Å². The topological polar surface area (TPSA) is 83.5 Å². The number of sulfone groups is 1. The van der Waals surface area contributed by atoms with Crippen molar-refractivity contribution in [2.24, 2.45) is 0 Å². The molecule has 0 aliphatic heterocycles. The predicted octanol–water partition coefficient (Wildman–Crippen LogP) is -0.137. The Labute approximate surface area is 96.5 Å². The molecule has 6 heteroatoms. The molecule has 1 unspecified atom stereocenters. The second-order valence-corrected chi connectivity index (χ2v) is 6.66. The summed E-state index contributed by atoms with van der Waals surface area (Å²) in [6.45, 7) is 7.61. The van der Waals surface area contributed by atoms with Gasteiger partial charge in [-0.15, -0.1) is 6.58 Å². The lowest BCUT2D eigenvalue weighted by molar-refractivity contribution is -0.122. The van der Waals surface area contributed by atoms with E-state index in [2.05, 4.69) is 11.9 Å². The van der Waals surface area contributed by atoms with Gasteiger partial charge in [0.2, 0.25) is 5.91 Å². The highest BCUT2D eigenvalue weighted by atomic mass is 32.2. The Bertz CT molecular complexity index is 359. The first-order chi connectivity index (χ1) is 7.16. The number of aliphatic hydroxyl groups excluding tert-OH is 1. The molecule has 0 saturated heterocycles. The number of rotatable bonds is 6. The number of hydrogen-bond donors (Lipinski definition) is 2. The third-order valence-corrected chi connectivity index (χ3v) is 4.11. The fraction of sp³-hybridized carbons (Fsp3) is 0.700. The van der Waals surface area contributed by atoms with E-state index in [4.69, 9.17) is 5.11 Å². The summed E-state index contributed by atoms with van der Waals surface area (Å²) >= 11 is 0. The summed E-state index contributed by atoms with van der Waals surface area (Å²) in [7, 11) is -3.50. The molecule has 0 radical (unpaired) electrons. The Balaban J connectivity index is 4.70. The molecule has 1 atom stereocenters. The van der Waals surface area contributed by atoms with Gasteiger partial charge in [0.1, 0.15) is 5.25 Å². The average molecular weight is 249 g/mol. The molecule has 0 saturated carbocycles. The van der Waals surface area contributed by atoms with Crippen molar-refractivity contribution in [1.29, 1.82) is 0 Å². The highest BCUT2D eigenvalue weighted by molar-refractivity contribution is 7.92. The van der Waals surface area contributed by atoms with Crippen LogP contribution in [-0.4, -0.2) is 42.6 Å². The Morgan fingerprint density at radius 3 is 2.44 bits per heavy atom. The minimum atomic E-state index is -3.50. The minimum Gasteiger partial charge on any atom is -0.394 e. The second-order valence-electron chi connectivity index (χ2n) is 4.29. The van der Waals surface area contributed by atoms with Crippen LogP contribution in [0.5, 0.6) is 0 Å². The molecule has 94 valence electrons. The zero-order valence-corrected chi connectivity index (χ0v) is 10.7. The van der Waals surface area contributed by atoms with Crippen LogP contribution in [0.15, 0.2) is 12.7 Å². The Hall–Kier alpha value is -0.880. The van der Waals surface area contributed by atoms with Crippen molar-refractivity contribution in [3.05, 3.63) is 12.7 Å². The Kier molecular flexibility index (Phi) is 5.15. The van der Waals surface area contributed by atoms with Crippen molar-refractivity contribution in [2.45, 2.75) is 31.6 Å². The van der Waals surface area contributed by atoms with Gasteiger partial charge in [0.05, 0.1) is 17.9 Å². The molecule has 0 rings (SSSR count). The summed E-state index contributed by atoms with van der Waals surface area (Å²) in [4.78, 5) is 11.6. The number of carbonyl (C=O) groups excluding carboxylic acids is 1. The first-order valence-electron chi connectivity index (χ1n) is 4.91. The van der Waals surface area contributed by atoms with Gasteiger partial charge in [0, 0.05) is 0 Å². The zero-order chi connectivity index (χ0) is 13.0. The van der Waals surface area contributed by atoms with E-state index in [1.54, 1.807) is 13.8 Å². The van der Waals surface area contributed by atoms with Crippen molar-refractivity contribution >= 4 is 15.7 Å². The molecule has 0 fully saturated rings. The quantitative estimate of drug-likeness (QED) is 0.642. The molecule has 16 heavy (non-hydrogen) atoms. The number of hydrogen-bond acceptors (Lipinski definition) is 4. The van der Waals surface area contributed by atoms with Crippen LogP contribution in [0, 0.1) is 0 Å². The molecule has 0 bridgehead atoms. The van der Waals surface area contributed by atoms with Crippen LogP contribution in [-0.2, 0) is 14.6 Å². The van der Waals surface area contributed by atoms with E-state index in [1.165, 1.54) is 13.0 Å². The fourth-order valence-corrected chi connectivity index (χ4v) is 1.95. The summed E-state index contributed by atoms with van der Waals surface area (Å²) in [5.74, 6) is -0.845. The van der Waals surface area contributed by atoms with Gasteiger partial charge >= 0.3 is 0 Å². The molecular weight excluding hydrogens is 230 g/mol. The molecule has 0 aromatic rings. The second kappa shape index (κ2) is 5.45. The molecule has 5 nitrogen and oxygen atoms in total. The minimum absolute atomic E-state index is 0.235. The van der Waals surface area contributed by atoms with Gasteiger partial charge in [-0.2, -0.15) is 0 Å². The molecular formula is C10H19NO4S. The fourth-order valence-electron chi connectivity index (χ4n) is 0.946. The summed E-state index contributed by atoms with van der Waals surface area (Å²) in [6, 6.07) is 0. The molecule has 2 N–H and O–H groups in total. The van der Waals surface area contributed by atoms with Crippen LogP contribution in [0.25, 0.3) is 0 Å². The van der Waals surface area contributed by atoms with Gasteiger partial charge in [-0.05, 0) is 20.8 Å². The van der Waals surface area contributed by atoms with Crippen LogP contribution < -0.4 is 5.32 Å². The first-order valence-corrected chi connectivity index (χ1v) is 6.63. The highest BCUT2D eigenvalue weighted by Crippen LogP contribution is 2.06. The van der Waals surface area contributed by atoms with E-state index in [0.29, 0.717) is 0 Å². The van der Waals surface area contributed by atoms with Crippen LogP contribution in [0.3, 0.4) is 0 Å². The molecule has 0 aliphatic carbocycles. The highest BCUT2D eigenvalue weighted by Gasteiger charge is 2.30. The largest absolute Gasteiger partial charge is 0.394 e. The predicted molar refractivity (Wildman–Crippen MR) is 62.8 cm³/mol. The van der Waals surface area contributed by atoms with Crippen molar-refractivity contribution in [3.8, 4) is 0 Å². The van der Waals surface area contributed by atoms with Gasteiger partial charge in [-0.1, -0.05) is 6.08 Å². The number of carbonyl (C=O) groups is 1. The van der Waals surface area contributed by atoms with Crippen LogP contribution in [0.1, 0.15) is 20.8 Å². The van der Waals surface area contributed by atoms with Gasteiger partial charge < -0.3 is 10.4 Å². The summed E-state index contributed by atoms with van der Waals surface area (Å²) in [6.07, 6.45) is 1.25. The molecule has 0 aromatic heterocycles.